The van der Waals surface area contributed by atoms with Crippen molar-refractivity contribution in [1.29, 1.82) is 0 Å². The summed E-state index contributed by atoms with van der Waals surface area (Å²) in [6, 6.07) is 10.7. The number of hydrogen-bond acceptors (Lipinski definition) is 5. The molecule has 0 N–H and O–H groups in total. The van der Waals surface area contributed by atoms with Crippen LogP contribution in [0.1, 0.15) is 28.4 Å². The number of nitro benzene ring substituents is 1. The molecule has 2 aromatic rings. The van der Waals surface area contributed by atoms with Crippen LogP contribution >= 0.6 is 0 Å². The van der Waals surface area contributed by atoms with E-state index < -0.39 is 4.92 Å². The summed E-state index contributed by atoms with van der Waals surface area (Å²) in [4.78, 5) is 27.7. The Morgan fingerprint density at radius 2 is 1.86 bits per heavy atom. The Kier molecular flexibility index (Phi) is 5.82. The highest BCUT2D eigenvalue weighted by Gasteiger charge is 2.25. The Labute approximate surface area is 164 Å². The van der Waals surface area contributed by atoms with Crippen LogP contribution in [0.5, 0.6) is 5.75 Å². The Morgan fingerprint density at radius 1 is 1.14 bits per heavy atom. The van der Waals surface area contributed by atoms with Gasteiger partial charge in [0.1, 0.15) is 0 Å². The molecule has 28 heavy (non-hydrogen) atoms. The Bertz CT molecular complexity index is 889. The lowest BCUT2D eigenvalue weighted by molar-refractivity contribution is -0.385. The summed E-state index contributed by atoms with van der Waals surface area (Å²) in [6.45, 7) is 8.91. The van der Waals surface area contributed by atoms with Gasteiger partial charge in [-0.25, -0.2) is 0 Å². The molecule has 148 valence electrons. The van der Waals surface area contributed by atoms with Crippen molar-refractivity contribution in [3.05, 3.63) is 63.2 Å². The zero-order chi connectivity index (χ0) is 20.3. The molecule has 0 bridgehead atoms. The molecule has 0 spiro atoms. The largest absolute Gasteiger partial charge is 0.487 e. The van der Waals surface area contributed by atoms with E-state index in [1.807, 2.05) is 6.07 Å². The van der Waals surface area contributed by atoms with Gasteiger partial charge in [-0.05, 0) is 50.1 Å². The molecule has 2 aromatic carbocycles. The molecule has 0 aliphatic carbocycles. The number of anilines is 1. The van der Waals surface area contributed by atoms with E-state index in [1.54, 1.807) is 17.9 Å². The van der Waals surface area contributed by atoms with Crippen molar-refractivity contribution >= 4 is 17.3 Å². The summed E-state index contributed by atoms with van der Waals surface area (Å²) >= 11 is 0. The lowest BCUT2D eigenvalue weighted by Crippen LogP contribution is -2.49. The number of piperazine rings is 1. The minimum atomic E-state index is -0.514. The lowest BCUT2D eigenvalue weighted by Gasteiger charge is -2.37. The minimum absolute atomic E-state index is 0.179. The molecule has 0 aromatic heterocycles. The van der Waals surface area contributed by atoms with Gasteiger partial charge < -0.3 is 14.5 Å². The molecule has 1 fully saturated rings. The maximum Gasteiger partial charge on any atom is 0.311 e. The molecule has 1 aliphatic rings. The number of hydrogen-bond donors (Lipinski definition) is 0. The van der Waals surface area contributed by atoms with Gasteiger partial charge in [0.15, 0.2) is 5.75 Å². The topological polar surface area (TPSA) is 75.9 Å². The van der Waals surface area contributed by atoms with Gasteiger partial charge in [-0.15, -0.1) is 0 Å². The predicted octanol–water partition coefficient (Wildman–Crippen LogP) is 3.57. The number of rotatable bonds is 5. The Balaban J connectivity index is 1.72. The molecule has 1 saturated heterocycles. The highest BCUT2D eigenvalue weighted by molar-refractivity contribution is 5.95. The quantitative estimate of drug-likeness (QED) is 0.583. The summed E-state index contributed by atoms with van der Waals surface area (Å²) in [5.74, 6) is -0.00412. The second kappa shape index (κ2) is 8.29. The highest BCUT2D eigenvalue weighted by atomic mass is 16.6. The second-order valence-electron chi connectivity index (χ2n) is 6.87. The van der Waals surface area contributed by atoms with Crippen LogP contribution in [0.2, 0.25) is 0 Å². The molecule has 7 nitrogen and oxygen atoms in total. The standard InChI is InChI=1S/C21H25N3O4/c1-4-28-20-9-8-17(14-19(20)24(26)27)21(25)23-12-10-22(11-13-23)18-7-5-6-15(2)16(18)3/h5-9,14H,4,10-13H2,1-3H3. The van der Waals surface area contributed by atoms with Crippen LogP contribution in [-0.2, 0) is 0 Å². The van der Waals surface area contributed by atoms with Crippen molar-refractivity contribution in [3.63, 3.8) is 0 Å². The van der Waals surface area contributed by atoms with E-state index in [0.29, 0.717) is 25.3 Å². The van der Waals surface area contributed by atoms with E-state index in [9.17, 15) is 14.9 Å². The van der Waals surface area contributed by atoms with Gasteiger partial charge in [-0.1, -0.05) is 12.1 Å². The van der Waals surface area contributed by atoms with Crippen LogP contribution < -0.4 is 9.64 Å². The van der Waals surface area contributed by atoms with E-state index in [0.717, 1.165) is 13.1 Å². The van der Waals surface area contributed by atoms with E-state index in [-0.39, 0.29) is 17.3 Å². The SMILES string of the molecule is CCOc1ccc(C(=O)N2CCN(c3cccc(C)c3C)CC2)cc1[N+](=O)[O-]. The first-order valence-electron chi connectivity index (χ1n) is 9.44. The third-order valence-corrected chi connectivity index (χ3v) is 5.19. The zero-order valence-corrected chi connectivity index (χ0v) is 16.5. The number of benzene rings is 2. The van der Waals surface area contributed by atoms with Gasteiger partial charge in [0.25, 0.3) is 5.91 Å². The Morgan fingerprint density at radius 3 is 2.50 bits per heavy atom. The van der Waals surface area contributed by atoms with Crippen molar-refractivity contribution in [2.24, 2.45) is 0 Å². The normalized spacial score (nSPS) is 14.1. The zero-order valence-electron chi connectivity index (χ0n) is 16.5. The fourth-order valence-electron chi connectivity index (χ4n) is 3.48. The van der Waals surface area contributed by atoms with E-state index in [1.165, 1.54) is 28.9 Å². The van der Waals surface area contributed by atoms with E-state index in [4.69, 9.17) is 4.74 Å². The average molecular weight is 383 g/mol. The van der Waals surface area contributed by atoms with Crippen molar-refractivity contribution in [1.82, 2.24) is 4.90 Å². The average Bonchev–Trinajstić information content (AvgIpc) is 2.70. The smallest absolute Gasteiger partial charge is 0.311 e. The molecule has 7 heteroatoms. The number of aryl methyl sites for hydroxylation is 1. The first kappa shape index (κ1) is 19.7. The molecule has 0 saturated carbocycles. The van der Waals surface area contributed by atoms with Crippen LogP contribution in [0, 0.1) is 24.0 Å². The molecule has 1 heterocycles. The molecule has 0 radical (unpaired) electrons. The fourth-order valence-corrected chi connectivity index (χ4v) is 3.48. The van der Waals surface area contributed by atoms with Crippen LogP contribution in [0.3, 0.4) is 0 Å². The van der Waals surface area contributed by atoms with Gasteiger partial charge in [-0.2, -0.15) is 0 Å². The van der Waals surface area contributed by atoms with E-state index in [2.05, 4.69) is 30.9 Å². The summed E-state index contributed by atoms with van der Waals surface area (Å²) in [6.07, 6.45) is 0. The maximum atomic E-state index is 12.9. The van der Waals surface area contributed by atoms with Crippen LogP contribution in [0.4, 0.5) is 11.4 Å². The van der Waals surface area contributed by atoms with Crippen LogP contribution in [0.25, 0.3) is 0 Å². The summed E-state index contributed by atoms with van der Waals surface area (Å²) < 4.78 is 5.29. The van der Waals surface area contributed by atoms with Crippen molar-refractivity contribution in [2.45, 2.75) is 20.8 Å². The Hall–Kier alpha value is -3.09. The van der Waals surface area contributed by atoms with Crippen molar-refractivity contribution in [2.75, 3.05) is 37.7 Å². The molecule has 0 atom stereocenters. The van der Waals surface area contributed by atoms with Gasteiger partial charge in [0.05, 0.1) is 11.5 Å². The molecule has 0 unspecified atom stereocenters. The van der Waals surface area contributed by atoms with Crippen LogP contribution in [0.15, 0.2) is 36.4 Å². The summed E-state index contributed by atoms with van der Waals surface area (Å²) in [7, 11) is 0. The van der Waals surface area contributed by atoms with Gasteiger partial charge in [0, 0.05) is 43.5 Å². The number of nitrogens with zero attached hydrogens (tertiary/aromatic N) is 3. The number of ether oxygens (including phenoxy) is 1. The van der Waals surface area contributed by atoms with Crippen LogP contribution in [-0.4, -0.2) is 48.5 Å². The van der Waals surface area contributed by atoms with E-state index >= 15 is 0 Å². The third-order valence-electron chi connectivity index (χ3n) is 5.19. The highest BCUT2D eigenvalue weighted by Crippen LogP contribution is 2.29. The van der Waals surface area contributed by atoms with Gasteiger partial charge in [0.2, 0.25) is 0 Å². The van der Waals surface area contributed by atoms with Gasteiger partial charge >= 0.3 is 5.69 Å². The van der Waals surface area contributed by atoms with Gasteiger partial charge in [-0.3, -0.25) is 14.9 Å². The predicted molar refractivity (Wildman–Crippen MR) is 108 cm³/mol. The fraction of sp³-hybridized carbons (Fsp3) is 0.381. The molecule has 1 aliphatic heterocycles. The first-order chi connectivity index (χ1) is 13.4. The maximum absolute atomic E-state index is 12.9. The third kappa shape index (κ3) is 3.93. The number of amides is 1. The van der Waals surface area contributed by atoms with Crippen molar-refractivity contribution < 1.29 is 14.5 Å². The lowest BCUT2D eigenvalue weighted by atomic mass is 10.1. The monoisotopic (exact) mass is 383 g/mol. The summed E-state index contributed by atoms with van der Waals surface area (Å²) in [5, 5.41) is 11.3. The molecule has 3 rings (SSSR count). The molecular formula is C21H25N3O4. The summed E-state index contributed by atoms with van der Waals surface area (Å²) in [5.41, 5.74) is 3.84. The molecule has 1 amide bonds. The number of carbonyl (C=O) groups excluding carboxylic acids is 1. The van der Waals surface area contributed by atoms with Crippen molar-refractivity contribution in [3.8, 4) is 5.75 Å². The number of carbonyl (C=O) groups is 1. The second-order valence-corrected chi connectivity index (χ2v) is 6.87. The molecular weight excluding hydrogens is 358 g/mol. The first-order valence-corrected chi connectivity index (χ1v) is 9.44. The minimum Gasteiger partial charge on any atom is -0.487 e. The number of nitro groups is 1.